The zero-order chi connectivity index (χ0) is 19.2. The number of aromatic nitrogens is 2. The Balaban J connectivity index is 1.51. The number of rotatable bonds is 5. The van der Waals surface area contributed by atoms with E-state index in [0.29, 0.717) is 38.8 Å². The fourth-order valence-electron chi connectivity index (χ4n) is 2.15. The summed E-state index contributed by atoms with van der Waals surface area (Å²) in [7, 11) is 0. The number of thiocarbonyl (C=S) groups is 1. The van der Waals surface area contributed by atoms with E-state index in [9.17, 15) is 4.79 Å². The molecule has 138 valence electrons. The van der Waals surface area contributed by atoms with Gasteiger partial charge in [-0.3, -0.25) is 4.79 Å². The van der Waals surface area contributed by atoms with Crippen LogP contribution in [0.5, 0.6) is 0 Å². The summed E-state index contributed by atoms with van der Waals surface area (Å²) in [6.45, 7) is 0.518. The van der Waals surface area contributed by atoms with E-state index in [4.69, 9.17) is 35.4 Å². The minimum Gasteiger partial charge on any atom is -0.358 e. The third kappa shape index (κ3) is 5.86. The van der Waals surface area contributed by atoms with Gasteiger partial charge in [0.05, 0.1) is 0 Å². The quantitative estimate of drug-likeness (QED) is 0.506. The molecule has 2 aromatic carbocycles. The topological polar surface area (TPSA) is 78.9 Å². The molecule has 3 N–H and O–H groups in total. The van der Waals surface area contributed by atoms with Crippen LogP contribution in [0.3, 0.4) is 0 Å². The predicted octanol–water partition coefficient (Wildman–Crippen LogP) is 4.58. The molecule has 0 saturated carbocycles. The summed E-state index contributed by atoms with van der Waals surface area (Å²) in [5.74, 6) is -0.291. The SMILES string of the molecule is O=C(Nc1ccc(CNC(=S)Nc2cc(Cl)cc(Cl)c2)cc1)c1csnn1. The highest BCUT2D eigenvalue weighted by atomic mass is 35.5. The summed E-state index contributed by atoms with van der Waals surface area (Å²) in [5, 5.41) is 15.7. The summed E-state index contributed by atoms with van der Waals surface area (Å²) in [5.41, 5.74) is 2.67. The molecule has 0 atom stereocenters. The van der Waals surface area contributed by atoms with Gasteiger partial charge in [0, 0.05) is 33.3 Å². The maximum absolute atomic E-state index is 11.9. The Hall–Kier alpha value is -2.26. The first kappa shape index (κ1) is 19.5. The number of halogens is 2. The van der Waals surface area contributed by atoms with Crippen molar-refractivity contribution in [3.63, 3.8) is 0 Å². The van der Waals surface area contributed by atoms with Crippen LogP contribution in [0.25, 0.3) is 0 Å². The molecule has 1 heterocycles. The fourth-order valence-corrected chi connectivity index (χ4v) is 3.30. The molecule has 0 radical (unpaired) electrons. The van der Waals surface area contributed by atoms with Gasteiger partial charge >= 0.3 is 0 Å². The third-order valence-corrected chi connectivity index (χ3v) is 4.57. The van der Waals surface area contributed by atoms with Crippen molar-refractivity contribution in [3.8, 4) is 0 Å². The lowest BCUT2D eigenvalue weighted by Crippen LogP contribution is -2.27. The van der Waals surface area contributed by atoms with Crippen LogP contribution < -0.4 is 16.0 Å². The van der Waals surface area contributed by atoms with Crippen LogP contribution in [0, 0.1) is 0 Å². The molecule has 0 aliphatic heterocycles. The largest absolute Gasteiger partial charge is 0.358 e. The Kier molecular flexibility index (Phi) is 6.57. The van der Waals surface area contributed by atoms with Gasteiger partial charge in [-0.25, -0.2) is 0 Å². The van der Waals surface area contributed by atoms with E-state index in [1.54, 1.807) is 23.6 Å². The second-order valence-electron chi connectivity index (χ2n) is 5.41. The van der Waals surface area contributed by atoms with Crippen LogP contribution in [0.15, 0.2) is 47.8 Å². The molecule has 27 heavy (non-hydrogen) atoms. The molecule has 0 bridgehead atoms. The first-order chi connectivity index (χ1) is 13.0. The third-order valence-electron chi connectivity index (χ3n) is 3.38. The minimum absolute atomic E-state index is 0.291. The number of carbonyl (C=O) groups is 1. The predicted molar refractivity (Wildman–Crippen MR) is 114 cm³/mol. The van der Waals surface area contributed by atoms with E-state index < -0.39 is 0 Å². The van der Waals surface area contributed by atoms with Crippen molar-refractivity contribution in [1.29, 1.82) is 0 Å². The molecular weight excluding hydrogens is 425 g/mol. The Morgan fingerprint density at radius 2 is 1.74 bits per heavy atom. The first-order valence-electron chi connectivity index (χ1n) is 7.68. The summed E-state index contributed by atoms with van der Waals surface area (Å²) in [6.07, 6.45) is 0. The Labute approximate surface area is 175 Å². The Bertz CT molecular complexity index is 928. The molecule has 0 unspecified atom stereocenters. The number of carbonyl (C=O) groups excluding carboxylic acids is 1. The molecule has 6 nitrogen and oxygen atoms in total. The van der Waals surface area contributed by atoms with Gasteiger partial charge in [-0.1, -0.05) is 39.8 Å². The van der Waals surface area contributed by atoms with Crippen molar-refractivity contribution in [3.05, 3.63) is 69.1 Å². The molecule has 10 heteroatoms. The van der Waals surface area contributed by atoms with Crippen molar-refractivity contribution >= 4 is 69.3 Å². The molecule has 1 aromatic heterocycles. The lowest BCUT2D eigenvalue weighted by molar-refractivity contribution is 0.102. The second-order valence-corrected chi connectivity index (χ2v) is 7.30. The maximum atomic E-state index is 11.9. The summed E-state index contributed by atoms with van der Waals surface area (Å²) in [4.78, 5) is 11.9. The van der Waals surface area contributed by atoms with Crippen LogP contribution >= 0.6 is 47.0 Å². The van der Waals surface area contributed by atoms with Crippen LogP contribution in [0.4, 0.5) is 11.4 Å². The number of hydrogen-bond donors (Lipinski definition) is 3. The van der Waals surface area contributed by atoms with Gasteiger partial charge in [-0.05, 0) is 59.6 Å². The van der Waals surface area contributed by atoms with Gasteiger partial charge < -0.3 is 16.0 Å². The van der Waals surface area contributed by atoms with Gasteiger partial charge in [0.1, 0.15) is 0 Å². The summed E-state index contributed by atoms with van der Waals surface area (Å²) >= 11 is 18.3. The van der Waals surface area contributed by atoms with Crippen LogP contribution in [0.2, 0.25) is 10.0 Å². The minimum atomic E-state index is -0.291. The average molecular weight is 438 g/mol. The number of anilines is 2. The average Bonchev–Trinajstić information content (AvgIpc) is 3.15. The van der Waals surface area contributed by atoms with Gasteiger partial charge in [-0.2, -0.15) is 0 Å². The normalized spacial score (nSPS) is 10.3. The molecule has 0 saturated heterocycles. The van der Waals surface area contributed by atoms with E-state index >= 15 is 0 Å². The van der Waals surface area contributed by atoms with Gasteiger partial charge in [0.25, 0.3) is 5.91 Å². The summed E-state index contributed by atoms with van der Waals surface area (Å²) in [6, 6.07) is 12.5. The first-order valence-corrected chi connectivity index (χ1v) is 9.68. The molecule has 0 aliphatic carbocycles. The highest BCUT2D eigenvalue weighted by molar-refractivity contribution is 7.80. The van der Waals surface area contributed by atoms with Crippen molar-refractivity contribution in [2.75, 3.05) is 10.6 Å². The van der Waals surface area contributed by atoms with E-state index in [-0.39, 0.29) is 5.91 Å². The van der Waals surface area contributed by atoms with Crippen LogP contribution in [-0.2, 0) is 6.54 Å². The maximum Gasteiger partial charge on any atom is 0.277 e. The van der Waals surface area contributed by atoms with E-state index in [0.717, 1.165) is 17.1 Å². The fraction of sp³-hybridized carbons (Fsp3) is 0.0588. The van der Waals surface area contributed by atoms with Crippen molar-refractivity contribution in [1.82, 2.24) is 14.9 Å². The van der Waals surface area contributed by atoms with Crippen LogP contribution in [0.1, 0.15) is 16.1 Å². The smallest absolute Gasteiger partial charge is 0.277 e. The number of nitrogens with zero attached hydrogens (tertiary/aromatic N) is 2. The van der Waals surface area contributed by atoms with E-state index in [1.807, 2.05) is 24.3 Å². The van der Waals surface area contributed by atoms with Gasteiger partial charge in [0.15, 0.2) is 10.8 Å². The standard InChI is InChI=1S/C17H13Cl2N5OS2/c18-11-5-12(19)7-14(6-11)22-17(26)20-8-10-1-3-13(4-2-10)21-16(25)15-9-27-24-23-15/h1-7,9H,8H2,(H,21,25)(H2,20,22,26). The molecule has 3 rings (SSSR count). The highest BCUT2D eigenvalue weighted by Crippen LogP contribution is 2.22. The highest BCUT2D eigenvalue weighted by Gasteiger charge is 2.09. The molecule has 0 aliphatic rings. The van der Waals surface area contributed by atoms with Crippen molar-refractivity contribution in [2.45, 2.75) is 6.54 Å². The molecule has 3 aromatic rings. The molecular formula is C17H13Cl2N5OS2. The Morgan fingerprint density at radius 1 is 1.04 bits per heavy atom. The van der Waals surface area contributed by atoms with Crippen LogP contribution in [-0.4, -0.2) is 20.6 Å². The number of benzene rings is 2. The molecule has 0 spiro atoms. The van der Waals surface area contributed by atoms with E-state index in [2.05, 4.69) is 25.5 Å². The molecule has 1 amide bonds. The summed E-state index contributed by atoms with van der Waals surface area (Å²) < 4.78 is 3.67. The monoisotopic (exact) mass is 437 g/mol. The van der Waals surface area contributed by atoms with Gasteiger partial charge in [0.2, 0.25) is 0 Å². The lowest BCUT2D eigenvalue weighted by atomic mass is 10.2. The lowest BCUT2D eigenvalue weighted by Gasteiger charge is -2.11. The molecule has 0 fully saturated rings. The number of amides is 1. The van der Waals surface area contributed by atoms with Crippen molar-refractivity contribution < 1.29 is 4.79 Å². The van der Waals surface area contributed by atoms with E-state index in [1.165, 1.54) is 0 Å². The second kappa shape index (κ2) is 9.09. The van der Waals surface area contributed by atoms with Gasteiger partial charge in [-0.15, -0.1) is 5.10 Å². The zero-order valence-corrected chi connectivity index (χ0v) is 16.8. The van der Waals surface area contributed by atoms with Crippen molar-refractivity contribution in [2.24, 2.45) is 0 Å². The number of nitrogens with one attached hydrogen (secondary N) is 3. The Morgan fingerprint density at radius 3 is 2.37 bits per heavy atom. The number of hydrogen-bond acceptors (Lipinski definition) is 5. The zero-order valence-electron chi connectivity index (χ0n) is 13.7.